The van der Waals surface area contributed by atoms with E-state index in [1.807, 2.05) is 45.0 Å². The number of hydrogen-bond donors (Lipinski definition) is 1. The first-order chi connectivity index (χ1) is 9.10. The largest absolute Gasteiger partial charge is 0.494 e. The first-order valence-electron chi connectivity index (χ1n) is 7.07. The quantitative estimate of drug-likeness (QED) is 0.771. The van der Waals surface area contributed by atoms with Crippen LogP contribution in [0.2, 0.25) is 0 Å². The van der Waals surface area contributed by atoms with Gasteiger partial charge in [0, 0.05) is 0 Å². The molecule has 0 aromatic heterocycles. The molecule has 0 aliphatic rings. The molecule has 0 aliphatic heterocycles. The third kappa shape index (κ3) is 3.49. The Balaban J connectivity index is 3.11. The Morgan fingerprint density at radius 3 is 2.00 bits per heavy atom. The second kappa shape index (κ2) is 7.17. The Morgan fingerprint density at radius 2 is 1.63 bits per heavy atom. The van der Waals surface area contributed by atoms with E-state index in [0.29, 0.717) is 19.4 Å². The van der Waals surface area contributed by atoms with Crippen molar-refractivity contribution in [1.29, 1.82) is 0 Å². The molecule has 106 valence electrons. The van der Waals surface area contributed by atoms with Crippen LogP contribution in [0.25, 0.3) is 0 Å². The van der Waals surface area contributed by atoms with Crippen LogP contribution in [0.5, 0.6) is 5.75 Å². The Kier molecular flexibility index (Phi) is 5.87. The average molecular weight is 264 g/mol. The van der Waals surface area contributed by atoms with Crippen molar-refractivity contribution in [1.82, 2.24) is 0 Å². The Hall–Kier alpha value is -1.51. The van der Waals surface area contributed by atoms with Crippen molar-refractivity contribution in [3.8, 4) is 5.75 Å². The summed E-state index contributed by atoms with van der Waals surface area (Å²) in [5, 5.41) is 9.68. The summed E-state index contributed by atoms with van der Waals surface area (Å²) in [6.07, 6.45) is 3.06. The molecular weight excluding hydrogens is 240 g/mol. The van der Waals surface area contributed by atoms with Crippen LogP contribution >= 0.6 is 0 Å². The molecule has 0 unspecified atom stereocenters. The Labute approximate surface area is 115 Å². The van der Waals surface area contributed by atoms with E-state index in [4.69, 9.17) is 4.74 Å². The summed E-state index contributed by atoms with van der Waals surface area (Å²) in [4.78, 5) is 11.8. The fourth-order valence-electron chi connectivity index (χ4n) is 2.64. The van der Waals surface area contributed by atoms with Gasteiger partial charge in [0.2, 0.25) is 0 Å². The van der Waals surface area contributed by atoms with E-state index in [2.05, 4.69) is 0 Å². The summed E-state index contributed by atoms with van der Waals surface area (Å²) in [6.45, 7) is 6.61. The minimum Gasteiger partial charge on any atom is -0.494 e. The normalized spacial score (nSPS) is 11.3. The lowest BCUT2D eigenvalue weighted by molar-refractivity contribution is -0.144. The van der Waals surface area contributed by atoms with Gasteiger partial charge in [-0.05, 0) is 37.5 Å². The highest BCUT2D eigenvalue weighted by atomic mass is 16.5. The predicted molar refractivity (Wildman–Crippen MR) is 76.7 cm³/mol. The van der Waals surface area contributed by atoms with E-state index in [9.17, 15) is 9.90 Å². The molecule has 0 saturated carbocycles. The van der Waals surface area contributed by atoms with Crippen molar-refractivity contribution in [2.45, 2.75) is 51.9 Å². The highest BCUT2D eigenvalue weighted by molar-refractivity contribution is 5.81. The molecule has 0 fully saturated rings. The fourth-order valence-corrected chi connectivity index (χ4v) is 2.64. The molecule has 3 nitrogen and oxygen atoms in total. The van der Waals surface area contributed by atoms with Crippen molar-refractivity contribution in [2.75, 3.05) is 6.61 Å². The molecule has 0 aliphatic carbocycles. The van der Waals surface area contributed by atoms with Gasteiger partial charge in [0.05, 0.1) is 12.0 Å². The molecular formula is C16H24O3. The van der Waals surface area contributed by atoms with Gasteiger partial charge in [-0.15, -0.1) is 0 Å². The standard InChI is InChI=1S/C16H24O3/c1-4-11-16(12-5-2,15(17)18)13-7-9-14(10-8-13)19-6-3/h7-10H,4-6,11-12H2,1-3H3,(H,17,18). The second-order valence-electron chi connectivity index (χ2n) is 4.84. The fraction of sp³-hybridized carbons (Fsp3) is 0.562. The minimum atomic E-state index is -0.756. The Morgan fingerprint density at radius 1 is 1.11 bits per heavy atom. The van der Waals surface area contributed by atoms with Crippen molar-refractivity contribution in [3.05, 3.63) is 29.8 Å². The van der Waals surface area contributed by atoms with Crippen molar-refractivity contribution in [3.63, 3.8) is 0 Å². The third-order valence-electron chi connectivity index (χ3n) is 3.48. The van der Waals surface area contributed by atoms with Gasteiger partial charge in [-0.1, -0.05) is 38.8 Å². The van der Waals surface area contributed by atoms with Crippen molar-refractivity contribution >= 4 is 5.97 Å². The number of carbonyl (C=O) groups is 1. The molecule has 19 heavy (non-hydrogen) atoms. The van der Waals surface area contributed by atoms with Gasteiger partial charge in [-0.3, -0.25) is 4.79 Å². The molecule has 0 spiro atoms. The maximum atomic E-state index is 11.8. The number of hydrogen-bond acceptors (Lipinski definition) is 2. The Bertz CT molecular complexity index is 389. The molecule has 1 rings (SSSR count). The van der Waals surface area contributed by atoms with Crippen LogP contribution in [0, 0.1) is 0 Å². The van der Waals surface area contributed by atoms with Crippen LogP contribution in [0.4, 0.5) is 0 Å². The number of aliphatic carboxylic acids is 1. The van der Waals surface area contributed by atoms with Crippen molar-refractivity contribution < 1.29 is 14.6 Å². The minimum absolute atomic E-state index is 0.618. The zero-order chi connectivity index (χ0) is 14.3. The van der Waals surface area contributed by atoms with Gasteiger partial charge < -0.3 is 9.84 Å². The highest BCUT2D eigenvalue weighted by Crippen LogP contribution is 2.35. The second-order valence-corrected chi connectivity index (χ2v) is 4.84. The zero-order valence-corrected chi connectivity index (χ0v) is 12.1. The van der Waals surface area contributed by atoms with Crippen LogP contribution in [0.1, 0.15) is 52.0 Å². The SMILES string of the molecule is CCCC(CCC)(C(=O)O)c1ccc(OCC)cc1. The van der Waals surface area contributed by atoms with Crippen LogP contribution in [0.15, 0.2) is 24.3 Å². The summed E-state index contributed by atoms with van der Waals surface area (Å²) in [5.41, 5.74) is 0.126. The summed E-state index contributed by atoms with van der Waals surface area (Å²) in [5.74, 6) is 0.0684. The number of rotatable bonds is 8. The molecule has 0 heterocycles. The summed E-state index contributed by atoms with van der Waals surface area (Å²) < 4.78 is 5.41. The lowest BCUT2D eigenvalue weighted by atomic mass is 9.73. The van der Waals surface area contributed by atoms with Crippen molar-refractivity contribution in [2.24, 2.45) is 0 Å². The lowest BCUT2D eigenvalue weighted by Gasteiger charge is -2.29. The molecule has 0 amide bonds. The average Bonchev–Trinajstić information content (AvgIpc) is 2.39. The van der Waals surface area contributed by atoms with Gasteiger partial charge in [0.15, 0.2) is 0 Å². The highest BCUT2D eigenvalue weighted by Gasteiger charge is 2.38. The number of carboxylic acids is 1. The predicted octanol–water partition coefficient (Wildman–Crippen LogP) is 4.01. The van der Waals surface area contributed by atoms with E-state index < -0.39 is 11.4 Å². The van der Waals surface area contributed by atoms with Gasteiger partial charge in [-0.25, -0.2) is 0 Å². The van der Waals surface area contributed by atoms with E-state index >= 15 is 0 Å². The summed E-state index contributed by atoms with van der Waals surface area (Å²) >= 11 is 0. The van der Waals surface area contributed by atoms with Crippen LogP contribution in [-0.4, -0.2) is 17.7 Å². The van der Waals surface area contributed by atoms with Gasteiger partial charge in [-0.2, -0.15) is 0 Å². The number of carboxylic acid groups (broad SMARTS) is 1. The third-order valence-corrected chi connectivity index (χ3v) is 3.48. The van der Waals surface area contributed by atoms with Gasteiger partial charge >= 0.3 is 5.97 Å². The molecule has 3 heteroatoms. The lowest BCUT2D eigenvalue weighted by Crippen LogP contribution is -2.35. The monoisotopic (exact) mass is 264 g/mol. The summed E-state index contributed by atoms with van der Waals surface area (Å²) in [7, 11) is 0. The maximum absolute atomic E-state index is 11.8. The molecule has 1 aromatic rings. The topological polar surface area (TPSA) is 46.5 Å². The number of benzene rings is 1. The van der Waals surface area contributed by atoms with Gasteiger partial charge in [0.1, 0.15) is 5.75 Å². The van der Waals surface area contributed by atoms with E-state index in [-0.39, 0.29) is 0 Å². The molecule has 0 saturated heterocycles. The first-order valence-corrected chi connectivity index (χ1v) is 7.07. The maximum Gasteiger partial charge on any atom is 0.314 e. The van der Waals surface area contributed by atoms with Gasteiger partial charge in [0.25, 0.3) is 0 Å². The van der Waals surface area contributed by atoms with E-state index in [1.165, 1.54) is 0 Å². The molecule has 0 bridgehead atoms. The molecule has 0 radical (unpaired) electrons. The zero-order valence-electron chi connectivity index (χ0n) is 12.1. The van der Waals surface area contributed by atoms with Crippen LogP contribution < -0.4 is 4.74 Å². The number of ether oxygens (including phenoxy) is 1. The first kappa shape index (κ1) is 15.5. The van der Waals surface area contributed by atoms with E-state index in [0.717, 1.165) is 24.2 Å². The van der Waals surface area contributed by atoms with Crippen LogP contribution in [0.3, 0.4) is 0 Å². The van der Waals surface area contributed by atoms with E-state index in [1.54, 1.807) is 0 Å². The smallest absolute Gasteiger partial charge is 0.314 e. The molecule has 1 N–H and O–H groups in total. The molecule has 0 atom stereocenters. The molecule has 1 aromatic carbocycles. The summed E-state index contributed by atoms with van der Waals surface area (Å²) in [6, 6.07) is 7.51. The van der Waals surface area contributed by atoms with Crippen LogP contribution in [-0.2, 0) is 10.2 Å².